The van der Waals surface area contributed by atoms with Gasteiger partial charge in [-0.2, -0.15) is 10.2 Å². The van der Waals surface area contributed by atoms with E-state index in [0.717, 1.165) is 29.5 Å². The Morgan fingerprint density at radius 2 is 2.18 bits per heavy atom. The highest BCUT2D eigenvalue weighted by molar-refractivity contribution is 7.83. The summed E-state index contributed by atoms with van der Waals surface area (Å²) in [6.07, 6.45) is 1.68. The van der Waals surface area contributed by atoms with Gasteiger partial charge in [-0.3, -0.25) is 0 Å². The van der Waals surface area contributed by atoms with Crippen molar-refractivity contribution in [1.29, 1.82) is 5.26 Å². The first-order valence-corrected chi connectivity index (χ1v) is 12.3. The van der Waals surface area contributed by atoms with E-state index in [4.69, 9.17) is 9.26 Å². The average molecular weight is 466 g/mol. The number of rotatable bonds is 9. The highest BCUT2D eigenvalue weighted by Crippen LogP contribution is 2.37. The van der Waals surface area contributed by atoms with Crippen molar-refractivity contribution in [2.24, 2.45) is 0 Å². The van der Waals surface area contributed by atoms with E-state index >= 15 is 0 Å². The van der Waals surface area contributed by atoms with Crippen LogP contribution < -0.4 is 14.8 Å². The minimum atomic E-state index is -1.10. The summed E-state index contributed by atoms with van der Waals surface area (Å²) >= 11 is 0. The number of nitrogens with one attached hydrogen (secondary N) is 2. The molecule has 0 radical (unpaired) electrons. The molecule has 0 spiro atoms. The number of aromatic nitrogens is 2. The molecule has 0 bridgehead atoms. The second kappa shape index (κ2) is 10.3. The summed E-state index contributed by atoms with van der Waals surface area (Å²) in [6, 6.07) is 13.5. The summed E-state index contributed by atoms with van der Waals surface area (Å²) in [5.74, 6) is 1.93. The number of hydrogen-bond donors (Lipinski definition) is 2. The summed E-state index contributed by atoms with van der Waals surface area (Å²) < 4.78 is 26.8. The molecule has 2 atom stereocenters. The van der Waals surface area contributed by atoms with Crippen LogP contribution in [-0.4, -0.2) is 39.8 Å². The van der Waals surface area contributed by atoms with Gasteiger partial charge in [0.1, 0.15) is 11.8 Å². The molecule has 2 aromatic carbocycles. The number of ether oxygens (including phenoxy) is 1. The van der Waals surface area contributed by atoms with E-state index < -0.39 is 11.0 Å². The van der Waals surface area contributed by atoms with Gasteiger partial charge in [0.25, 0.3) is 5.89 Å². The van der Waals surface area contributed by atoms with E-state index in [1.165, 1.54) is 0 Å². The van der Waals surface area contributed by atoms with Crippen molar-refractivity contribution in [3.05, 3.63) is 53.1 Å². The first-order valence-electron chi connectivity index (χ1n) is 11.0. The maximum absolute atomic E-state index is 12.3. The van der Waals surface area contributed by atoms with Gasteiger partial charge in [-0.1, -0.05) is 23.4 Å². The molecular weight excluding hydrogens is 438 g/mol. The molecule has 1 aliphatic carbocycles. The first kappa shape index (κ1) is 23.1. The normalized spacial score (nSPS) is 15.9. The van der Waals surface area contributed by atoms with Crippen LogP contribution in [0.15, 0.2) is 40.9 Å². The number of nitriles is 1. The average Bonchev–Trinajstić information content (AvgIpc) is 3.45. The number of nitrogens with zero attached hydrogens (tertiary/aromatic N) is 3. The van der Waals surface area contributed by atoms with E-state index in [1.54, 1.807) is 12.1 Å². The van der Waals surface area contributed by atoms with Crippen molar-refractivity contribution >= 4 is 11.0 Å². The zero-order chi connectivity index (χ0) is 23.4. The fraction of sp³-hybridized carbons (Fsp3) is 0.375. The molecule has 4 rings (SSSR count). The topological polar surface area (TPSA) is 113 Å². The molecule has 9 heteroatoms. The van der Waals surface area contributed by atoms with E-state index in [0.29, 0.717) is 40.9 Å². The second-order valence-electron chi connectivity index (χ2n) is 8.15. The molecule has 0 amide bonds. The van der Waals surface area contributed by atoms with Crippen molar-refractivity contribution in [3.8, 4) is 34.7 Å². The number of hydrogen-bond acceptors (Lipinski definition) is 7. The van der Waals surface area contributed by atoms with Gasteiger partial charge in [-0.05, 0) is 63.1 Å². The van der Waals surface area contributed by atoms with Gasteiger partial charge in [0.15, 0.2) is 0 Å². The van der Waals surface area contributed by atoms with Gasteiger partial charge >= 0.3 is 0 Å². The van der Waals surface area contributed by atoms with Crippen LogP contribution in [0, 0.1) is 11.3 Å². The fourth-order valence-electron chi connectivity index (χ4n) is 3.96. The van der Waals surface area contributed by atoms with Crippen LogP contribution in [0.3, 0.4) is 0 Å². The molecular formula is C24H27N5O3S. The highest BCUT2D eigenvalue weighted by atomic mass is 32.2. The molecule has 33 heavy (non-hydrogen) atoms. The SMILES string of the molecule is CNCCS(=O)NC1CCc2c(-c3noc(-c4ccc(OC(C)C)c(C#N)c4)n3)cccc21. The maximum Gasteiger partial charge on any atom is 0.258 e. The fourth-order valence-corrected chi connectivity index (χ4v) is 5.03. The Hall–Kier alpha value is -3.06. The van der Waals surface area contributed by atoms with Crippen molar-refractivity contribution in [1.82, 2.24) is 20.2 Å². The monoisotopic (exact) mass is 465 g/mol. The largest absolute Gasteiger partial charge is 0.490 e. The van der Waals surface area contributed by atoms with Crippen LogP contribution in [0.25, 0.3) is 22.8 Å². The van der Waals surface area contributed by atoms with Crippen molar-refractivity contribution < 1.29 is 13.5 Å². The van der Waals surface area contributed by atoms with Crippen LogP contribution in [0.4, 0.5) is 0 Å². The summed E-state index contributed by atoms with van der Waals surface area (Å²) in [5.41, 5.74) is 4.26. The molecule has 0 aliphatic heterocycles. The molecule has 3 aromatic rings. The Morgan fingerprint density at radius 3 is 2.94 bits per heavy atom. The van der Waals surface area contributed by atoms with E-state index in [9.17, 15) is 9.47 Å². The molecule has 2 N–H and O–H groups in total. The van der Waals surface area contributed by atoms with Gasteiger partial charge in [0, 0.05) is 23.7 Å². The summed E-state index contributed by atoms with van der Waals surface area (Å²) in [7, 11) is 0.753. The molecule has 2 unspecified atom stereocenters. The first-order chi connectivity index (χ1) is 16.0. The van der Waals surface area contributed by atoms with Gasteiger partial charge in [-0.15, -0.1) is 0 Å². The lowest BCUT2D eigenvalue weighted by Gasteiger charge is -2.14. The van der Waals surface area contributed by atoms with Crippen molar-refractivity contribution in [2.45, 2.75) is 38.8 Å². The number of benzene rings is 2. The summed E-state index contributed by atoms with van der Waals surface area (Å²) in [6.45, 7) is 4.53. The van der Waals surface area contributed by atoms with E-state index in [1.807, 2.05) is 39.1 Å². The van der Waals surface area contributed by atoms with Crippen LogP contribution >= 0.6 is 0 Å². The molecule has 0 saturated heterocycles. The van der Waals surface area contributed by atoms with Gasteiger partial charge in [0.2, 0.25) is 5.82 Å². The lowest BCUT2D eigenvalue weighted by molar-refractivity contribution is 0.241. The lowest BCUT2D eigenvalue weighted by Crippen LogP contribution is -2.27. The molecule has 0 fully saturated rings. The van der Waals surface area contributed by atoms with Crippen LogP contribution in [0.1, 0.15) is 43.0 Å². The third-order valence-corrected chi connectivity index (χ3v) is 6.58. The zero-order valence-corrected chi connectivity index (χ0v) is 19.7. The highest BCUT2D eigenvalue weighted by Gasteiger charge is 2.27. The lowest BCUT2D eigenvalue weighted by atomic mass is 10.0. The van der Waals surface area contributed by atoms with Gasteiger partial charge < -0.3 is 14.6 Å². The van der Waals surface area contributed by atoms with Gasteiger partial charge in [-0.25, -0.2) is 8.93 Å². The minimum absolute atomic E-state index is 0.0304. The van der Waals surface area contributed by atoms with Crippen LogP contribution in [0.5, 0.6) is 5.75 Å². The Kier molecular flexibility index (Phi) is 7.18. The third kappa shape index (κ3) is 5.14. The van der Waals surface area contributed by atoms with Crippen LogP contribution in [-0.2, 0) is 17.4 Å². The predicted molar refractivity (Wildman–Crippen MR) is 127 cm³/mol. The molecule has 1 aliphatic rings. The predicted octanol–water partition coefficient (Wildman–Crippen LogP) is 3.52. The van der Waals surface area contributed by atoms with Crippen LogP contribution in [0.2, 0.25) is 0 Å². The molecule has 1 aromatic heterocycles. The minimum Gasteiger partial charge on any atom is -0.490 e. The summed E-state index contributed by atoms with van der Waals surface area (Å²) in [4.78, 5) is 4.60. The second-order valence-corrected chi connectivity index (χ2v) is 9.48. The zero-order valence-electron chi connectivity index (χ0n) is 18.9. The Bertz CT molecular complexity index is 1200. The Labute approximate surface area is 195 Å². The van der Waals surface area contributed by atoms with E-state index in [-0.39, 0.29) is 12.1 Å². The summed E-state index contributed by atoms with van der Waals surface area (Å²) in [5, 5.41) is 16.7. The van der Waals surface area contributed by atoms with Gasteiger partial charge in [0.05, 0.1) is 28.4 Å². The third-order valence-electron chi connectivity index (χ3n) is 5.46. The number of fused-ring (bicyclic) bond motifs is 1. The smallest absolute Gasteiger partial charge is 0.258 e. The van der Waals surface area contributed by atoms with E-state index in [2.05, 4.69) is 32.3 Å². The quantitative estimate of drug-likeness (QED) is 0.497. The molecule has 8 nitrogen and oxygen atoms in total. The molecule has 0 saturated carbocycles. The Balaban J connectivity index is 1.58. The molecule has 1 heterocycles. The van der Waals surface area contributed by atoms with Crippen molar-refractivity contribution in [3.63, 3.8) is 0 Å². The van der Waals surface area contributed by atoms with Crippen molar-refractivity contribution in [2.75, 3.05) is 19.3 Å². The Morgan fingerprint density at radius 1 is 1.33 bits per heavy atom. The standard InChI is InChI=1S/C24H27N5O3S/c1-15(2)31-22-10-7-16(13-17(22)14-25)24-27-23(28-32-24)20-6-4-5-19-18(20)8-9-21(19)29-33(30)12-11-26-3/h4-7,10,13,15,21,26,29H,8-9,11-12H2,1-3H3. The maximum atomic E-state index is 12.3. The molecule has 172 valence electrons.